The minimum absolute atomic E-state index is 0.215. The van der Waals surface area contributed by atoms with Gasteiger partial charge in [0.15, 0.2) is 5.69 Å². The molecule has 0 spiro atoms. The van der Waals surface area contributed by atoms with Crippen molar-refractivity contribution in [2.45, 2.75) is 25.7 Å². The highest BCUT2D eigenvalue weighted by Crippen LogP contribution is 2.28. The van der Waals surface area contributed by atoms with Crippen molar-refractivity contribution in [3.8, 4) is 0 Å². The Balaban J connectivity index is 1.68. The number of alkyl halides is 3. The predicted molar refractivity (Wildman–Crippen MR) is 90.2 cm³/mol. The zero-order valence-electron chi connectivity index (χ0n) is 14.3. The number of carbonyl (C=O) groups excluding carboxylic acids is 1. The van der Waals surface area contributed by atoms with Gasteiger partial charge in [-0.2, -0.15) is 18.3 Å². The van der Waals surface area contributed by atoms with Crippen LogP contribution in [0, 0.1) is 0 Å². The summed E-state index contributed by atoms with van der Waals surface area (Å²) < 4.78 is 39.4. The van der Waals surface area contributed by atoms with Crippen LogP contribution in [-0.2, 0) is 37.5 Å². The first-order chi connectivity index (χ1) is 12.2. The van der Waals surface area contributed by atoms with E-state index in [0.717, 1.165) is 30.3 Å². The van der Waals surface area contributed by atoms with E-state index in [4.69, 9.17) is 5.73 Å². The van der Waals surface area contributed by atoms with E-state index in [-0.39, 0.29) is 19.0 Å². The summed E-state index contributed by atoms with van der Waals surface area (Å²) in [5.74, 6) is -0.362. The third-order valence-corrected chi connectivity index (χ3v) is 4.42. The lowest BCUT2D eigenvalue weighted by Crippen LogP contribution is -2.37. The smallest absolute Gasteiger partial charge is 0.379 e. The number of nitrogens with one attached hydrogen (secondary N) is 1. The first kappa shape index (κ1) is 18.2. The van der Waals surface area contributed by atoms with Crippen molar-refractivity contribution in [1.29, 1.82) is 0 Å². The molecule has 1 aromatic heterocycles. The van der Waals surface area contributed by atoms with E-state index in [1.807, 2.05) is 23.1 Å². The number of carbonyl (C=O) groups is 1. The van der Waals surface area contributed by atoms with Gasteiger partial charge in [-0.3, -0.25) is 14.4 Å². The molecule has 140 valence electrons. The molecule has 3 rings (SSSR count). The number of nitrogens with zero attached hydrogens (tertiary/aromatic N) is 3. The summed E-state index contributed by atoms with van der Waals surface area (Å²) in [5.41, 5.74) is 7.88. The Labute approximate surface area is 148 Å². The number of anilines is 1. The van der Waals surface area contributed by atoms with E-state index in [0.29, 0.717) is 12.2 Å². The van der Waals surface area contributed by atoms with Crippen molar-refractivity contribution in [2.24, 2.45) is 12.8 Å². The second-order valence-electron chi connectivity index (χ2n) is 6.41. The van der Waals surface area contributed by atoms with Crippen LogP contribution >= 0.6 is 0 Å². The van der Waals surface area contributed by atoms with E-state index in [2.05, 4.69) is 10.4 Å². The molecule has 0 fully saturated rings. The molecule has 6 nitrogen and oxygen atoms in total. The number of amides is 1. The molecule has 1 aromatic carbocycles. The van der Waals surface area contributed by atoms with Crippen LogP contribution in [0.2, 0.25) is 0 Å². The maximum absolute atomic E-state index is 12.7. The molecule has 1 aliphatic rings. The van der Waals surface area contributed by atoms with Gasteiger partial charge in [-0.25, -0.2) is 0 Å². The molecule has 26 heavy (non-hydrogen) atoms. The van der Waals surface area contributed by atoms with Crippen molar-refractivity contribution in [3.63, 3.8) is 0 Å². The fraction of sp³-hybridized carbons (Fsp3) is 0.412. The molecule has 0 radical (unpaired) electrons. The van der Waals surface area contributed by atoms with Crippen LogP contribution in [-0.4, -0.2) is 33.7 Å². The normalized spacial score (nSPS) is 14.9. The summed E-state index contributed by atoms with van der Waals surface area (Å²) in [6.45, 7) is 1.84. The highest BCUT2D eigenvalue weighted by Gasteiger charge is 2.34. The molecular formula is C17H20F3N5O. The van der Waals surface area contributed by atoms with Gasteiger partial charge in [0.05, 0.1) is 18.8 Å². The minimum Gasteiger partial charge on any atom is -0.379 e. The van der Waals surface area contributed by atoms with Gasteiger partial charge in [-0.05, 0) is 35.7 Å². The third kappa shape index (κ3) is 4.16. The summed E-state index contributed by atoms with van der Waals surface area (Å²) in [4.78, 5) is 13.1. The molecule has 3 N–H and O–H groups in total. The summed E-state index contributed by atoms with van der Waals surface area (Å²) in [7, 11) is 1.49. The van der Waals surface area contributed by atoms with E-state index in [1.165, 1.54) is 17.3 Å². The number of fused-ring (bicyclic) bond motifs is 1. The summed E-state index contributed by atoms with van der Waals surface area (Å²) in [6.07, 6.45) is -3.62. The van der Waals surface area contributed by atoms with Crippen LogP contribution in [0.4, 0.5) is 18.9 Å². The molecule has 0 bridgehead atoms. The molecule has 0 aliphatic carbocycles. The zero-order chi connectivity index (χ0) is 18.9. The molecule has 0 atom stereocenters. The molecule has 2 aromatic rings. The summed E-state index contributed by atoms with van der Waals surface area (Å²) in [5, 5.41) is 6.64. The van der Waals surface area contributed by atoms with Gasteiger partial charge in [0.2, 0.25) is 5.91 Å². The molecule has 9 heteroatoms. The fourth-order valence-corrected chi connectivity index (χ4v) is 3.08. The maximum atomic E-state index is 12.7. The number of aromatic nitrogens is 2. The Morgan fingerprint density at radius 3 is 2.73 bits per heavy atom. The largest absolute Gasteiger partial charge is 0.435 e. The van der Waals surface area contributed by atoms with Crippen LogP contribution < -0.4 is 11.1 Å². The first-order valence-corrected chi connectivity index (χ1v) is 8.19. The van der Waals surface area contributed by atoms with Crippen molar-refractivity contribution >= 4 is 11.6 Å². The monoisotopic (exact) mass is 367 g/mol. The third-order valence-electron chi connectivity index (χ3n) is 4.42. The van der Waals surface area contributed by atoms with Crippen LogP contribution in [0.25, 0.3) is 0 Å². The van der Waals surface area contributed by atoms with Crippen LogP contribution in [0.15, 0.2) is 24.3 Å². The Hall–Kier alpha value is -2.55. The first-order valence-electron chi connectivity index (χ1n) is 8.19. The quantitative estimate of drug-likeness (QED) is 0.846. The van der Waals surface area contributed by atoms with Crippen molar-refractivity contribution < 1.29 is 18.0 Å². The second-order valence-corrected chi connectivity index (χ2v) is 6.41. The van der Waals surface area contributed by atoms with E-state index >= 15 is 0 Å². The molecular weight excluding hydrogens is 347 g/mol. The number of halogens is 3. The number of benzene rings is 1. The average molecular weight is 367 g/mol. The topological polar surface area (TPSA) is 76.2 Å². The lowest BCUT2D eigenvalue weighted by Gasteiger charge is -2.28. The predicted octanol–water partition coefficient (Wildman–Crippen LogP) is 1.89. The SMILES string of the molecule is Cn1nc(C(F)(F)F)cc1CNc1ccc2c(c1)CN(CC(N)=O)CC2. The van der Waals surface area contributed by atoms with Crippen LogP contribution in [0.5, 0.6) is 0 Å². The Bertz CT molecular complexity index is 815. The van der Waals surface area contributed by atoms with Crippen molar-refractivity contribution in [1.82, 2.24) is 14.7 Å². The standard InChI is InChI=1S/C17H20F3N5O/c1-24-14(7-15(23-24)17(18,19)20)8-22-13-3-2-11-4-5-25(10-16(21)26)9-12(11)6-13/h2-3,6-7,22H,4-5,8-10H2,1H3,(H2,21,26). The molecule has 2 heterocycles. The van der Waals surface area contributed by atoms with Gasteiger partial charge in [0, 0.05) is 25.8 Å². The fourth-order valence-electron chi connectivity index (χ4n) is 3.08. The number of nitrogens with two attached hydrogens (primary N) is 1. The lowest BCUT2D eigenvalue weighted by molar-refractivity contribution is -0.141. The molecule has 0 saturated heterocycles. The number of primary amides is 1. The Morgan fingerprint density at radius 1 is 1.31 bits per heavy atom. The highest BCUT2D eigenvalue weighted by molar-refractivity contribution is 5.76. The van der Waals surface area contributed by atoms with Crippen molar-refractivity contribution in [2.75, 3.05) is 18.4 Å². The number of rotatable bonds is 5. The lowest BCUT2D eigenvalue weighted by atomic mass is 9.99. The Kier molecular flexibility index (Phi) is 4.90. The molecule has 1 amide bonds. The van der Waals surface area contributed by atoms with Gasteiger partial charge in [0.1, 0.15) is 0 Å². The van der Waals surface area contributed by atoms with Crippen molar-refractivity contribution in [3.05, 3.63) is 46.8 Å². The molecule has 1 aliphatic heterocycles. The van der Waals surface area contributed by atoms with Crippen LogP contribution in [0.3, 0.4) is 0 Å². The zero-order valence-corrected chi connectivity index (χ0v) is 14.3. The van der Waals surface area contributed by atoms with E-state index in [1.54, 1.807) is 0 Å². The molecule has 0 unspecified atom stereocenters. The minimum atomic E-state index is -4.45. The Morgan fingerprint density at radius 2 is 2.08 bits per heavy atom. The number of hydrogen-bond donors (Lipinski definition) is 2. The summed E-state index contributed by atoms with van der Waals surface area (Å²) in [6, 6.07) is 6.91. The van der Waals surface area contributed by atoms with Gasteiger partial charge >= 0.3 is 6.18 Å². The molecule has 0 saturated carbocycles. The van der Waals surface area contributed by atoms with Gasteiger partial charge in [-0.15, -0.1) is 0 Å². The van der Waals surface area contributed by atoms with Crippen LogP contribution in [0.1, 0.15) is 22.5 Å². The second kappa shape index (κ2) is 6.99. The average Bonchev–Trinajstić information content (AvgIpc) is 2.93. The number of hydrogen-bond acceptors (Lipinski definition) is 4. The highest BCUT2D eigenvalue weighted by atomic mass is 19.4. The van der Waals surface area contributed by atoms with Gasteiger partial charge < -0.3 is 11.1 Å². The van der Waals surface area contributed by atoms with Gasteiger partial charge in [-0.1, -0.05) is 6.07 Å². The van der Waals surface area contributed by atoms with Gasteiger partial charge in [0.25, 0.3) is 0 Å². The van der Waals surface area contributed by atoms with E-state index < -0.39 is 11.9 Å². The number of aryl methyl sites for hydroxylation is 1. The maximum Gasteiger partial charge on any atom is 0.435 e. The summed E-state index contributed by atoms with van der Waals surface area (Å²) >= 11 is 0. The van der Waals surface area contributed by atoms with E-state index in [9.17, 15) is 18.0 Å².